The normalized spacial score (nSPS) is 5.83. The molecule has 0 aromatic rings. The first-order chi connectivity index (χ1) is 1.73. The molecule has 0 aromatic heterocycles. The van der Waals surface area contributed by atoms with Crippen LogP contribution in [-0.4, -0.2) is 18.8 Å². The lowest BCUT2D eigenvalue weighted by atomic mass is 14.0. The van der Waals surface area contributed by atoms with Crippen LogP contribution in [0, 0.1) is 0 Å². The van der Waals surface area contributed by atoms with Crippen LogP contribution in [0.3, 0.4) is 0 Å². The van der Waals surface area contributed by atoms with Crippen LogP contribution in [0.1, 0.15) is 0 Å². The highest BCUT2D eigenvalue weighted by atomic mass is 32.2. The van der Waals surface area contributed by atoms with Gasteiger partial charge >= 0.3 is 0 Å². The summed E-state index contributed by atoms with van der Waals surface area (Å²) < 4.78 is 25.3. The molecule has 0 saturated carbocycles. The lowest BCUT2D eigenvalue weighted by Crippen LogP contribution is -1.76. The molecule has 0 aliphatic heterocycles. The lowest BCUT2D eigenvalue weighted by Gasteiger charge is -2.03. The summed E-state index contributed by atoms with van der Waals surface area (Å²) in [4.78, 5) is 0. The van der Waals surface area contributed by atoms with Gasteiger partial charge in [-0.15, -0.1) is 11.4 Å². The Bertz CT molecular complexity index is 30.5. The van der Waals surface area contributed by atoms with E-state index < -0.39 is 11.4 Å². The molecule has 0 saturated heterocycles. The minimum atomic E-state index is -3.11. The molecule has 0 aliphatic rings. The van der Waals surface area contributed by atoms with Gasteiger partial charge in [0.05, 0.1) is 0 Å². The summed E-state index contributed by atoms with van der Waals surface area (Å²) in [6.45, 7) is 0. The Hall–Kier alpha value is -0.0100. The maximum atomic E-state index is 8.44. The van der Waals surface area contributed by atoms with Crippen molar-refractivity contribution in [2.75, 3.05) is 0 Å². The van der Waals surface area contributed by atoms with Gasteiger partial charge in [0.1, 0.15) is 0 Å². The second kappa shape index (κ2) is 8.89. The Morgan fingerprint density at radius 3 is 1.33 bits per heavy atom. The smallest absolute Gasteiger partial charge is 0.142 e. The van der Waals surface area contributed by atoms with E-state index >= 15 is 0 Å². The SMILES string of the molecule is O.O=S([O-])[O-].[NH4+]. The first-order valence-electron chi connectivity index (χ1n) is 0.500. The van der Waals surface area contributed by atoms with Gasteiger partial charge in [-0.05, 0) is 0 Å². The number of hydrogen-bond acceptors (Lipinski definition) is 3. The maximum Gasteiger partial charge on any atom is -0.142 e. The van der Waals surface area contributed by atoms with E-state index in [0.29, 0.717) is 0 Å². The molecule has 0 aliphatic carbocycles. The topological polar surface area (TPSA) is 131 Å². The van der Waals surface area contributed by atoms with E-state index in [4.69, 9.17) is 13.3 Å². The molecule has 0 amide bonds. The van der Waals surface area contributed by atoms with Crippen LogP contribution < -0.4 is 6.15 Å². The van der Waals surface area contributed by atoms with E-state index in [9.17, 15) is 0 Å². The molecule has 6 heteroatoms. The van der Waals surface area contributed by atoms with E-state index in [1.54, 1.807) is 0 Å². The minimum Gasteiger partial charge on any atom is -0.784 e. The third-order valence-corrected chi connectivity index (χ3v) is 0. The highest BCUT2D eigenvalue weighted by Gasteiger charge is 1.20. The third-order valence-electron chi connectivity index (χ3n) is 0. The van der Waals surface area contributed by atoms with Gasteiger partial charge in [-0.3, -0.25) is 4.21 Å². The van der Waals surface area contributed by atoms with Crippen molar-refractivity contribution in [1.82, 2.24) is 6.15 Å². The summed E-state index contributed by atoms with van der Waals surface area (Å²) >= 11 is -3.11. The van der Waals surface area contributed by atoms with Crippen LogP contribution in [0.2, 0.25) is 0 Å². The monoisotopic (exact) mass is 116 g/mol. The van der Waals surface area contributed by atoms with Gasteiger partial charge in [-0.2, -0.15) is 0 Å². The van der Waals surface area contributed by atoms with E-state index in [1.807, 2.05) is 0 Å². The quantitative estimate of drug-likeness (QED) is 0.388. The zero-order valence-electron chi connectivity index (χ0n) is 3.13. The average Bonchev–Trinajstić information content (AvgIpc) is 0.811. The van der Waals surface area contributed by atoms with Gasteiger partial charge in [0, 0.05) is 0 Å². The fourth-order valence-corrected chi connectivity index (χ4v) is 0. The van der Waals surface area contributed by atoms with Crippen molar-refractivity contribution in [3.63, 3.8) is 0 Å². The predicted molar refractivity (Wildman–Crippen MR) is 19.3 cm³/mol. The van der Waals surface area contributed by atoms with E-state index in [-0.39, 0.29) is 11.6 Å². The van der Waals surface area contributed by atoms with Gasteiger partial charge in [0.15, 0.2) is 0 Å². The van der Waals surface area contributed by atoms with Crippen molar-refractivity contribution >= 4 is 11.4 Å². The van der Waals surface area contributed by atoms with Crippen LogP contribution in [-0.2, 0) is 11.4 Å². The van der Waals surface area contributed by atoms with Crippen molar-refractivity contribution < 1.29 is 18.8 Å². The first-order valence-corrected chi connectivity index (χ1v) is 1.50. The van der Waals surface area contributed by atoms with Gasteiger partial charge in [0.2, 0.25) is 0 Å². The van der Waals surface area contributed by atoms with Crippen LogP contribution in [0.4, 0.5) is 0 Å². The van der Waals surface area contributed by atoms with Crippen molar-refractivity contribution in [3.05, 3.63) is 0 Å². The fourth-order valence-electron chi connectivity index (χ4n) is 0. The Kier molecular flexibility index (Phi) is 24.7. The van der Waals surface area contributed by atoms with Crippen molar-refractivity contribution in [2.24, 2.45) is 0 Å². The zero-order chi connectivity index (χ0) is 3.58. The molecule has 0 unspecified atom stereocenters. The molecular weight excluding hydrogens is 110 g/mol. The van der Waals surface area contributed by atoms with E-state index in [0.717, 1.165) is 0 Å². The molecule has 0 atom stereocenters. The second-order valence-electron chi connectivity index (χ2n) is 0.204. The standard InChI is InChI=1S/H3N.H2O3S.H2O/c;1-4(2)3;/h1H3;(H2,1,2,3);1H2/p-1. The van der Waals surface area contributed by atoms with Crippen molar-refractivity contribution in [2.45, 2.75) is 0 Å². The third kappa shape index (κ3) is 357000. The average molecular weight is 116 g/mol. The predicted octanol–water partition coefficient (Wildman–Crippen LogP) is -1.45. The summed E-state index contributed by atoms with van der Waals surface area (Å²) in [5.41, 5.74) is 0. The highest BCUT2D eigenvalue weighted by Crippen LogP contribution is 1.42. The zero-order valence-corrected chi connectivity index (χ0v) is 3.95. The molecule has 0 spiro atoms. The van der Waals surface area contributed by atoms with E-state index in [2.05, 4.69) is 0 Å². The van der Waals surface area contributed by atoms with Crippen LogP contribution in [0.5, 0.6) is 0 Å². The van der Waals surface area contributed by atoms with Gasteiger partial charge in [-0.1, -0.05) is 0 Å². The molecule has 0 heterocycles. The molecule has 0 aromatic carbocycles. The Labute approximate surface area is 37.4 Å². The largest absolute Gasteiger partial charge is 0.784 e. The van der Waals surface area contributed by atoms with Crippen LogP contribution >= 0.6 is 0 Å². The molecule has 5 nitrogen and oxygen atoms in total. The van der Waals surface area contributed by atoms with Gasteiger partial charge < -0.3 is 20.7 Å². The Morgan fingerprint density at radius 2 is 1.33 bits per heavy atom. The minimum absolute atomic E-state index is 0. The fraction of sp³-hybridized carbons (Fsp3) is 0. The Morgan fingerprint density at radius 1 is 1.33 bits per heavy atom. The molecule has 0 rings (SSSR count). The first kappa shape index (κ1) is 16.7. The number of quaternary nitrogens is 1. The van der Waals surface area contributed by atoms with Crippen molar-refractivity contribution in [1.29, 1.82) is 0 Å². The number of rotatable bonds is 0. The molecule has 0 bridgehead atoms. The van der Waals surface area contributed by atoms with Crippen LogP contribution in [0.25, 0.3) is 0 Å². The second-order valence-corrected chi connectivity index (χ2v) is 0.612. The number of hydrogen-bond donors (Lipinski definition) is 1. The molecule has 6 heavy (non-hydrogen) atoms. The summed E-state index contributed by atoms with van der Waals surface area (Å²) in [7, 11) is 0. The summed E-state index contributed by atoms with van der Waals surface area (Å²) in [6, 6.07) is 0. The van der Waals surface area contributed by atoms with Gasteiger partial charge in [0.25, 0.3) is 0 Å². The summed E-state index contributed by atoms with van der Waals surface area (Å²) in [5, 5.41) is 0. The van der Waals surface area contributed by atoms with E-state index in [1.165, 1.54) is 0 Å². The molecular formula is H6NO4S-. The molecule has 0 fully saturated rings. The van der Waals surface area contributed by atoms with Crippen LogP contribution in [0.15, 0.2) is 0 Å². The van der Waals surface area contributed by atoms with Crippen molar-refractivity contribution in [3.8, 4) is 0 Å². The summed E-state index contributed by atoms with van der Waals surface area (Å²) in [6.07, 6.45) is 0. The maximum absolute atomic E-state index is 8.44. The molecule has 0 radical (unpaired) electrons. The lowest BCUT2D eigenvalue weighted by molar-refractivity contribution is 0.419. The summed E-state index contributed by atoms with van der Waals surface area (Å²) in [5.74, 6) is 0. The molecule has 42 valence electrons. The van der Waals surface area contributed by atoms with Gasteiger partial charge in [-0.25, -0.2) is 0 Å². The highest BCUT2D eigenvalue weighted by molar-refractivity contribution is 7.72. The molecule has 6 N–H and O–H groups in total. The Balaban J connectivity index is -0.0000000450.